The van der Waals surface area contributed by atoms with Crippen molar-refractivity contribution in [1.29, 1.82) is 0 Å². The molecular weight excluding hydrogens is 202 g/mol. The van der Waals surface area contributed by atoms with E-state index in [0.717, 1.165) is 38.9 Å². The van der Waals surface area contributed by atoms with Crippen molar-refractivity contribution >= 4 is 5.91 Å². The van der Waals surface area contributed by atoms with Gasteiger partial charge in [-0.2, -0.15) is 0 Å². The van der Waals surface area contributed by atoms with E-state index in [1.165, 1.54) is 0 Å². The lowest BCUT2D eigenvalue weighted by Gasteiger charge is -2.30. The second kappa shape index (κ2) is 6.86. The highest BCUT2D eigenvalue weighted by molar-refractivity contribution is 5.79. The first-order chi connectivity index (χ1) is 7.67. The van der Waals surface area contributed by atoms with Crippen LogP contribution in [0.25, 0.3) is 0 Å². The summed E-state index contributed by atoms with van der Waals surface area (Å²) in [6.07, 6.45) is 3.07. The van der Waals surface area contributed by atoms with E-state index < -0.39 is 0 Å². The molecule has 0 radical (unpaired) electrons. The maximum absolute atomic E-state index is 11.9. The summed E-state index contributed by atoms with van der Waals surface area (Å²) < 4.78 is 0. The highest BCUT2D eigenvalue weighted by atomic mass is 16.1. The van der Waals surface area contributed by atoms with Gasteiger partial charge in [-0.05, 0) is 46.4 Å². The lowest BCUT2D eigenvalue weighted by atomic mass is 10.0. The molecule has 4 nitrogen and oxygen atoms in total. The number of amides is 1. The molecule has 0 spiro atoms. The second-order valence-electron chi connectivity index (χ2n) is 4.75. The fraction of sp³-hybridized carbons (Fsp3) is 0.917. The molecule has 0 aromatic heterocycles. The number of nitrogens with zero attached hydrogens (tertiary/aromatic N) is 1. The molecule has 1 amide bonds. The van der Waals surface area contributed by atoms with Crippen molar-refractivity contribution < 1.29 is 4.79 Å². The van der Waals surface area contributed by atoms with E-state index in [2.05, 4.69) is 29.5 Å². The van der Waals surface area contributed by atoms with Gasteiger partial charge in [0.25, 0.3) is 0 Å². The molecule has 0 bridgehead atoms. The van der Waals surface area contributed by atoms with Crippen molar-refractivity contribution in [3.8, 4) is 0 Å². The largest absolute Gasteiger partial charge is 0.353 e. The van der Waals surface area contributed by atoms with Crippen molar-refractivity contribution in [2.24, 2.45) is 5.92 Å². The molecule has 0 saturated carbocycles. The number of hydrogen-bond donors (Lipinski definition) is 2. The van der Waals surface area contributed by atoms with E-state index in [9.17, 15) is 4.79 Å². The molecule has 1 heterocycles. The van der Waals surface area contributed by atoms with Gasteiger partial charge in [-0.1, -0.05) is 6.92 Å². The number of nitrogens with one attached hydrogen (secondary N) is 2. The van der Waals surface area contributed by atoms with Gasteiger partial charge in [0.05, 0.1) is 5.92 Å². The summed E-state index contributed by atoms with van der Waals surface area (Å²) >= 11 is 0. The Morgan fingerprint density at radius 2 is 2.06 bits per heavy atom. The summed E-state index contributed by atoms with van der Waals surface area (Å²) in [5, 5.41) is 6.24. The number of hydrogen-bond acceptors (Lipinski definition) is 3. The maximum Gasteiger partial charge on any atom is 0.224 e. The van der Waals surface area contributed by atoms with Crippen LogP contribution in [-0.2, 0) is 4.79 Å². The van der Waals surface area contributed by atoms with Crippen molar-refractivity contribution in [3.63, 3.8) is 0 Å². The van der Waals surface area contributed by atoms with Crippen LogP contribution >= 0.6 is 0 Å². The molecule has 1 fully saturated rings. The summed E-state index contributed by atoms with van der Waals surface area (Å²) in [6.45, 7) is 5.02. The predicted molar refractivity (Wildman–Crippen MR) is 66.4 cm³/mol. The van der Waals surface area contributed by atoms with Crippen LogP contribution in [0.15, 0.2) is 0 Å². The minimum atomic E-state index is 0.115. The number of rotatable bonds is 5. The number of likely N-dealkylation sites (tertiary alicyclic amines) is 1. The smallest absolute Gasteiger partial charge is 0.224 e. The van der Waals surface area contributed by atoms with Gasteiger partial charge in [-0.15, -0.1) is 0 Å². The fourth-order valence-corrected chi connectivity index (χ4v) is 2.14. The molecule has 1 rings (SSSR count). The Bertz CT molecular complexity index is 212. The average molecular weight is 227 g/mol. The Morgan fingerprint density at radius 3 is 2.56 bits per heavy atom. The van der Waals surface area contributed by atoms with Crippen LogP contribution in [0.2, 0.25) is 0 Å². The van der Waals surface area contributed by atoms with Crippen LogP contribution in [0.4, 0.5) is 0 Å². The summed E-state index contributed by atoms with van der Waals surface area (Å²) in [7, 11) is 4.03. The minimum Gasteiger partial charge on any atom is -0.353 e. The fourth-order valence-electron chi connectivity index (χ4n) is 2.14. The molecule has 1 unspecified atom stereocenters. The maximum atomic E-state index is 11.9. The van der Waals surface area contributed by atoms with Gasteiger partial charge in [0.1, 0.15) is 0 Å². The molecule has 1 saturated heterocycles. The highest BCUT2D eigenvalue weighted by Crippen LogP contribution is 2.10. The van der Waals surface area contributed by atoms with Gasteiger partial charge in [0.2, 0.25) is 5.91 Å². The van der Waals surface area contributed by atoms with Crippen LogP contribution < -0.4 is 10.6 Å². The number of carbonyl (C=O) groups is 1. The average Bonchev–Trinajstić information content (AvgIpc) is 2.29. The molecule has 4 heteroatoms. The Hall–Kier alpha value is -0.610. The Kier molecular flexibility index (Phi) is 5.77. The van der Waals surface area contributed by atoms with Crippen molar-refractivity contribution in [1.82, 2.24) is 15.5 Å². The Morgan fingerprint density at radius 1 is 1.44 bits per heavy atom. The van der Waals surface area contributed by atoms with Crippen molar-refractivity contribution in [3.05, 3.63) is 0 Å². The lowest BCUT2D eigenvalue weighted by Crippen LogP contribution is -2.46. The number of piperidine rings is 1. The number of carbonyl (C=O) groups excluding carboxylic acids is 1. The first kappa shape index (κ1) is 13.5. The van der Waals surface area contributed by atoms with Crippen LogP contribution in [0.3, 0.4) is 0 Å². The Labute approximate surface area is 98.8 Å². The topological polar surface area (TPSA) is 44.4 Å². The van der Waals surface area contributed by atoms with Crippen LogP contribution in [-0.4, -0.2) is 50.6 Å². The van der Waals surface area contributed by atoms with Gasteiger partial charge in [-0.25, -0.2) is 0 Å². The van der Waals surface area contributed by atoms with E-state index in [0.29, 0.717) is 6.04 Å². The SMILES string of the molecule is CCC(CNC)C(=O)NC1CCN(C)CC1. The van der Waals surface area contributed by atoms with E-state index >= 15 is 0 Å². The second-order valence-corrected chi connectivity index (χ2v) is 4.75. The van der Waals surface area contributed by atoms with Crippen molar-refractivity contribution in [2.45, 2.75) is 32.2 Å². The quantitative estimate of drug-likeness (QED) is 0.716. The molecule has 1 aliphatic heterocycles. The van der Waals surface area contributed by atoms with Gasteiger partial charge in [-0.3, -0.25) is 4.79 Å². The van der Waals surface area contributed by atoms with Gasteiger partial charge < -0.3 is 15.5 Å². The van der Waals surface area contributed by atoms with E-state index in [1.807, 2.05) is 7.05 Å². The summed E-state index contributed by atoms with van der Waals surface area (Å²) in [6, 6.07) is 0.384. The van der Waals surface area contributed by atoms with Crippen molar-refractivity contribution in [2.75, 3.05) is 33.7 Å². The zero-order valence-corrected chi connectivity index (χ0v) is 10.8. The summed E-state index contributed by atoms with van der Waals surface area (Å²) in [4.78, 5) is 14.3. The first-order valence-corrected chi connectivity index (χ1v) is 6.30. The highest BCUT2D eigenvalue weighted by Gasteiger charge is 2.22. The Balaban J connectivity index is 2.32. The van der Waals surface area contributed by atoms with E-state index in [1.54, 1.807) is 0 Å². The third kappa shape index (κ3) is 4.10. The van der Waals surface area contributed by atoms with Gasteiger partial charge in [0, 0.05) is 12.6 Å². The minimum absolute atomic E-state index is 0.115. The molecule has 1 atom stereocenters. The van der Waals surface area contributed by atoms with Gasteiger partial charge >= 0.3 is 0 Å². The van der Waals surface area contributed by atoms with Crippen LogP contribution in [0.1, 0.15) is 26.2 Å². The van der Waals surface area contributed by atoms with Gasteiger partial charge in [0.15, 0.2) is 0 Å². The molecule has 0 aromatic carbocycles. The lowest BCUT2D eigenvalue weighted by molar-refractivity contribution is -0.126. The standard InChI is InChI=1S/C12H25N3O/c1-4-10(9-13-2)12(16)14-11-5-7-15(3)8-6-11/h10-11,13H,4-9H2,1-3H3,(H,14,16). The van der Waals surface area contributed by atoms with E-state index in [-0.39, 0.29) is 11.8 Å². The van der Waals surface area contributed by atoms with Crippen LogP contribution in [0.5, 0.6) is 0 Å². The predicted octanol–water partition coefficient (Wildman–Crippen LogP) is 0.442. The van der Waals surface area contributed by atoms with E-state index in [4.69, 9.17) is 0 Å². The van der Waals surface area contributed by atoms with Crippen LogP contribution in [0, 0.1) is 5.92 Å². The molecular formula is C12H25N3O. The normalized spacial score (nSPS) is 20.7. The monoisotopic (exact) mass is 227 g/mol. The summed E-state index contributed by atoms with van der Waals surface area (Å²) in [5.74, 6) is 0.330. The third-order valence-corrected chi connectivity index (χ3v) is 3.38. The molecule has 0 aromatic rings. The molecule has 94 valence electrons. The third-order valence-electron chi connectivity index (χ3n) is 3.38. The summed E-state index contributed by atoms with van der Waals surface area (Å²) in [5.41, 5.74) is 0. The molecule has 1 aliphatic rings. The molecule has 2 N–H and O–H groups in total. The zero-order chi connectivity index (χ0) is 12.0. The molecule has 16 heavy (non-hydrogen) atoms. The molecule has 0 aliphatic carbocycles. The zero-order valence-electron chi connectivity index (χ0n) is 10.8. The first-order valence-electron chi connectivity index (χ1n) is 6.30.